The Labute approximate surface area is 199 Å². The molecule has 176 valence electrons. The van der Waals surface area contributed by atoms with E-state index in [1.807, 2.05) is 32.0 Å². The molecule has 9 heteroatoms. The summed E-state index contributed by atoms with van der Waals surface area (Å²) in [5, 5.41) is 3.27. The average Bonchev–Trinajstić information content (AvgIpc) is 3.53. The Morgan fingerprint density at radius 1 is 1.03 bits per heavy atom. The predicted octanol–water partition coefficient (Wildman–Crippen LogP) is 3.69. The fourth-order valence-corrected chi connectivity index (χ4v) is 5.39. The van der Waals surface area contributed by atoms with Crippen LogP contribution in [-0.4, -0.2) is 47.5 Å². The first kappa shape index (κ1) is 22.5. The van der Waals surface area contributed by atoms with E-state index in [2.05, 4.69) is 15.3 Å². The highest BCUT2D eigenvalue weighted by molar-refractivity contribution is 7.90. The minimum atomic E-state index is -3.48. The first-order valence-electron chi connectivity index (χ1n) is 11.3. The van der Waals surface area contributed by atoms with Gasteiger partial charge in [-0.1, -0.05) is 6.07 Å². The Bertz CT molecular complexity index is 1410. The first-order valence-corrected chi connectivity index (χ1v) is 13.2. The van der Waals surface area contributed by atoms with Crippen molar-refractivity contribution in [3.63, 3.8) is 0 Å². The molecule has 0 bridgehead atoms. The number of carbonyl (C=O) groups excluding carboxylic acids is 1. The van der Waals surface area contributed by atoms with Crippen molar-refractivity contribution in [1.82, 2.24) is 19.9 Å². The van der Waals surface area contributed by atoms with Crippen LogP contribution in [0.5, 0.6) is 0 Å². The van der Waals surface area contributed by atoms with Gasteiger partial charge in [0.25, 0.3) is 5.91 Å². The minimum absolute atomic E-state index is 0.138. The topological polar surface area (TPSA) is 105 Å². The van der Waals surface area contributed by atoms with Crippen LogP contribution in [0.25, 0.3) is 0 Å². The molecule has 8 nitrogen and oxygen atoms in total. The number of sulfone groups is 1. The normalized spacial score (nSPS) is 15.5. The number of nitrogens with one attached hydrogen (secondary N) is 1. The van der Waals surface area contributed by atoms with Gasteiger partial charge >= 0.3 is 0 Å². The van der Waals surface area contributed by atoms with Gasteiger partial charge in [0.2, 0.25) is 0 Å². The zero-order chi connectivity index (χ0) is 24.2. The summed E-state index contributed by atoms with van der Waals surface area (Å²) in [6, 6.07) is 9.28. The standard InChI is InChI=1S/C25H27N5O3S/c1-14-9-18(27-15(2)26-14)11-19-12-21(24-22(28-19)13-30(3)25(24)31)29-20-8-7-17(16-5-6-16)10-23(20)34(4,32)33/h7-10,12,16H,5-6,11,13H2,1-4H3,(H,28,29). The summed E-state index contributed by atoms with van der Waals surface area (Å²) in [5.41, 5.74) is 5.67. The lowest BCUT2D eigenvalue weighted by atomic mass is 10.1. The highest BCUT2D eigenvalue weighted by Crippen LogP contribution is 2.42. The summed E-state index contributed by atoms with van der Waals surface area (Å²) in [4.78, 5) is 28.4. The van der Waals surface area contributed by atoms with Crippen LogP contribution < -0.4 is 5.32 Å². The van der Waals surface area contributed by atoms with Crippen LogP contribution in [-0.2, 0) is 22.8 Å². The van der Waals surface area contributed by atoms with E-state index in [0.29, 0.717) is 47.3 Å². The molecule has 1 fully saturated rings. The maximum Gasteiger partial charge on any atom is 0.257 e. The van der Waals surface area contributed by atoms with Crippen molar-refractivity contribution in [1.29, 1.82) is 0 Å². The maximum absolute atomic E-state index is 12.9. The Balaban J connectivity index is 1.58. The van der Waals surface area contributed by atoms with E-state index in [-0.39, 0.29) is 10.8 Å². The van der Waals surface area contributed by atoms with Crippen molar-refractivity contribution in [2.75, 3.05) is 18.6 Å². The van der Waals surface area contributed by atoms with Gasteiger partial charge in [-0.2, -0.15) is 0 Å². The van der Waals surface area contributed by atoms with Gasteiger partial charge in [0, 0.05) is 31.1 Å². The molecule has 2 aromatic heterocycles. The van der Waals surface area contributed by atoms with Crippen LogP contribution in [0, 0.1) is 13.8 Å². The quantitative estimate of drug-likeness (QED) is 0.577. The lowest BCUT2D eigenvalue weighted by molar-refractivity contribution is 0.0817. The summed E-state index contributed by atoms with van der Waals surface area (Å²) in [6.07, 6.45) is 3.86. The van der Waals surface area contributed by atoms with Crippen molar-refractivity contribution >= 4 is 27.1 Å². The van der Waals surface area contributed by atoms with Gasteiger partial charge in [0.1, 0.15) is 5.82 Å². The smallest absolute Gasteiger partial charge is 0.257 e. The second-order valence-corrected chi connectivity index (χ2v) is 11.3. The van der Waals surface area contributed by atoms with E-state index in [0.717, 1.165) is 35.5 Å². The van der Waals surface area contributed by atoms with Crippen molar-refractivity contribution in [2.24, 2.45) is 0 Å². The number of pyridine rings is 1. The molecule has 1 amide bonds. The van der Waals surface area contributed by atoms with Gasteiger partial charge in [0.15, 0.2) is 9.84 Å². The van der Waals surface area contributed by atoms with Gasteiger partial charge in [-0.05, 0) is 62.4 Å². The number of rotatable bonds is 6. The van der Waals surface area contributed by atoms with Crippen molar-refractivity contribution in [3.05, 3.63) is 70.1 Å². The van der Waals surface area contributed by atoms with Gasteiger partial charge in [0.05, 0.1) is 39.8 Å². The van der Waals surface area contributed by atoms with E-state index in [1.165, 1.54) is 6.26 Å². The molecule has 1 aromatic carbocycles. The predicted molar refractivity (Wildman–Crippen MR) is 129 cm³/mol. The molecule has 34 heavy (non-hydrogen) atoms. The number of amides is 1. The number of fused-ring (bicyclic) bond motifs is 1. The zero-order valence-corrected chi connectivity index (χ0v) is 20.5. The monoisotopic (exact) mass is 477 g/mol. The number of aryl methyl sites for hydroxylation is 2. The van der Waals surface area contributed by atoms with E-state index in [9.17, 15) is 13.2 Å². The number of nitrogens with zero attached hydrogens (tertiary/aromatic N) is 4. The number of anilines is 2. The Hall–Kier alpha value is -3.33. The molecule has 2 aliphatic rings. The fourth-order valence-electron chi connectivity index (χ4n) is 4.52. The second kappa shape index (κ2) is 8.16. The van der Waals surface area contributed by atoms with Crippen molar-refractivity contribution < 1.29 is 13.2 Å². The number of hydrogen-bond acceptors (Lipinski definition) is 7. The van der Waals surface area contributed by atoms with E-state index >= 15 is 0 Å². The largest absolute Gasteiger partial charge is 0.354 e. The van der Waals surface area contributed by atoms with Gasteiger partial charge in [-0.3, -0.25) is 9.78 Å². The number of carbonyl (C=O) groups is 1. The van der Waals surface area contributed by atoms with Gasteiger partial charge in [-0.15, -0.1) is 0 Å². The molecule has 3 aromatic rings. The summed E-state index contributed by atoms with van der Waals surface area (Å²) in [5.74, 6) is 0.986. The molecule has 1 aliphatic heterocycles. The molecule has 0 atom stereocenters. The number of benzene rings is 1. The Morgan fingerprint density at radius 3 is 2.44 bits per heavy atom. The fraction of sp³-hybridized carbons (Fsp3) is 0.360. The third kappa shape index (κ3) is 4.40. The van der Waals surface area contributed by atoms with E-state index in [4.69, 9.17) is 4.98 Å². The molecule has 1 saturated carbocycles. The summed E-state index contributed by atoms with van der Waals surface area (Å²) >= 11 is 0. The van der Waals surface area contributed by atoms with Crippen LogP contribution in [0.3, 0.4) is 0 Å². The van der Waals surface area contributed by atoms with Crippen molar-refractivity contribution in [3.8, 4) is 0 Å². The van der Waals surface area contributed by atoms with Crippen molar-refractivity contribution in [2.45, 2.75) is 50.5 Å². The summed E-state index contributed by atoms with van der Waals surface area (Å²) in [6.45, 7) is 4.18. The Kier molecular flexibility index (Phi) is 5.39. The van der Waals surface area contributed by atoms with Crippen LogP contribution in [0.2, 0.25) is 0 Å². The van der Waals surface area contributed by atoms with Crippen LogP contribution in [0.15, 0.2) is 35.2 Å². The molecule has 1 N–H and O–H groups in total. The number of hydrogen-bond donors (Lipinski definition) is 1. The minimum Gasteiger partial charge on any atom is -0.354 e. The molecule has 0 spiro atoms. The van der Waals surface area contributed by atoms with E-state index in [1.54, 1.807) is 24.1 Å². The van der Waals surface area contributed by atoms with Crippen LogP contribution >= 0.6 is 0 Å². The lowest BCUT2D eigenvalue weighted by Crippen LogP contribution is -2.18. The van der Waals surface area contributed by atoms with Gasteiger partial charge < -0.3 is 10.2 Å². The van der Waals surface area contributed by atoms with Crippen LogP contribution in [0.1, 0.15) is 63.3 Å². The molecular formula is C25H27N5O3S. The third-order valence-electron chi connectivity index (χ3n) is 6.20. The highest BCUT2D eigenvalue weighted by atomic mass is 32.2. The van der Waals surface area contributed by atoms with Gasteiger partial charge in [-0.25, -0.2) is 18.4 Å². The molecular weight excluding hydrogens is 450 g/mol. The van der Waals surface area contributed by atoms with E-state index < -0.39 is 9.84 Å². The lowest BCUT2D eigenvalue weighted by Gasteiger charge is -2.16. The summed E-state index contributed by atoms with van der Waals surface area (Å²) in [7, 11) is -1.75. The Morgan fingerprint density at radius 2 is 1.76 bits per heavy atom. The zero-order valence-electron chi connectivity index (χ0n) is 19.7. The molecule has 1 aliphatic carbocycles. The maximum atomic E-state index is 12.9. The molecule has 0 saturated heterocycles. The number of aromatic nitrogens is 3. The second-order valence-electron chi connectivity index (χ2n) is 9.30. The average molecular weight is 478 g/mol. The summed E-state index contributed by atoms with van der Waals surface area (Å²) < 4.78 is 25.2. The van der Waals surface area contributed by atoms with Crippen LogP contribution in [0.4, 0.5) is 11.4 Å². The first-order chi connectivity index (χ1) is 16.1. The molecule has 5 rings (SSSR count). The SMILES string of the molecule is Cc1cc(Cc2cc(Nc3ccc(C4CC4)cc3S(C)(=O)=O)c3c(n2)CN(C)C3=O)nc(C)n1. The molecule has 3 heterocycles. The molecule has 0 unspecified atom stereocenters. The highest BCUT2D eigenvalue weighted by Gasteiger charge is 2.31. The molecule has 0 radical (unpaired) electrons. The third-order valence-corrected chi connectivity index (χ3v) is 7.34.